The number of rotatable bonds is 2. The van der Waals surface area contributed by atoms with Crippen molar-refractivity contribution < 1.29 is 4.74 Å². The quantitative estimate of drug-likeness (QED) is 0.825. The van der Waals surface area contributed by atoms with E-state index in [4.69, 9.17) is 4.74 Å². The van der Waals surface area contributed by atoms with Gasteiger partial charge in [-0.1, -0.05) is 19.3 Å². The van der Waals surface area contributed by atoms with Gasteiger partial charge in [0.05, 0.1) is 6.61 Å². The zero-order chi connectivity index (χ0) is 11.5. The number of ether oxygens (including phenoxy) is 1. The Morgan fingerprint density at radius 3 is 2.88 bits per heavy atom. The molecule has 1 aromatic heterocycles. The van der Waals surface area contributed by atoms with Crippen LogP contribution < -0.4 is 5.32 Å². The number of H-pyrrole nitrogens is 1. The largest absolute Gasteiger partial charge is 0.368 e. The minimum atomic E-state index is 0.112. The normalized spacial score (nSPS) is 27.2. The fourth-order valence-corrected chi connectivity index (χ4v) is 2.88. The van der Waals surface area contributed by atoms with E-state index in [0.29, 0.717) is 5.92 Å². The van der Waals surface area contributed by atoms with Crippen molar-refractivity contribution in [1.82, 2.24) is 15.3 Å². The molecule has 2 aliphatic rings. The van der Waals surface area contributed by atoms with Crippen LogP contribution in [0.2, 0.25) is 0 Å². The second-order valence-electron chi connectivity index (χ2n) is 5.12. The average molecular weight is 235 g/mol. The molecule has 2 fully saturated rings. The van der Waals surface area contributed by atoms with E-state index in [0.717, 1.165) is 25.5 Å². The van der Waals surface area contributed by atoms with E-state index in [9.17, 15) is 0 Å². The molecule has 0 aromatic carbocycles. The Labute approximate surface area is 102 Å². The Bertz CT molecular complexity index is 319. The molecule has 0 bridgehead atoms. The second-order valence-corrected chi connectivity index (χ2v) is 5.12. The van der Waals surface area contributed by atoms with Crippen LogP contribution in [-0.4, -0.2) is 29.7 Å². The summed E-state index contributed by atoms with van der Waals surface area (Å²) < 4.78 is 5.71. The summed E-state index contributed by atoms with van der Waals surface area (Å²) in [5.74, 6) is 1.69. The molecule has 17 heavy (non-hydrogen) atoms. The molecule has 4 heteroatoms. The Balaban J connectivity index is 1.68. The summed E-state index contributed by atoms with van der Waals surface area (Å²) in [7, 11) is 0. The van der Waals surface area contributed by atoms with Crippen molar-refractivity contribution in [3.8, 4) is 0 Å². The van der Waals surface area contributed by atoms with Gasteiger partial charge in [-0.25, -0.2) is 4.98 Å². The maximum Gasteiger partial charge on any atom is 0.136 e. The molecule has 94 valence electrons. The molecule has 1 saturated carbocycles. The molecule has 1 saturated heterocycles. The summed E-state index contributed by atoms with van der Waals surface area (Å²) in [6.07, 6.45) is 8.87. The molecule has 1 aromatic rings. The van der Waals surface area contributed by atoms with Crippen LogP contribution in [0.5, 0.6) is 0 Å². The van der Waals surface area contributed by atoms with E-state index >= 15 is 0 Å². The van der Waals surface area contributed by atoms with Gasteiger partial charge in [0.25, 0.3) is 0 Å². The van der Waals surface area contributed by atoms with Crippen LogP contribution in [0.3, 0.4) is 0 Å². The Morgan fingerprint density at radius 1 is 1.24 bits per heavy atom. The zero-order valence-electron chi connectivity index (χ0n) is 10.2. The van der Waals surface area contributed by atoms with Gasteiger partial charge in [-0.15, -0.1) is 0 Å². The van der Waals surface area contributed by atoms with Crippen molar-refractivity contribution in [2.75, 3.05) is 19.7 Å². The minimum Gasteiger partial charge on any atom is -0.368 e. The van der Waals surface area contributed by atoms with Gasteiger partial charge < -0.3 is 15.0 Å². The van der Waals surface area contributed by atoms with Gasteiger partial charge in [0.15, 0.2) is 0 Å². The van der Waals surface area contributed by atoms with Crippen LogP contribution in [0.1, 0.15) is 55.6 Å². The lowest BCUT2D eigenvalue weighted by molar-refractivity contribution is 0.0225. The number of morpholine rings is 1. The lowest BCUT2D eigenvalue weighted by Crippen LogP contribution is -2.33. The molecule has 1 aliphatic carbocycles. The van der Waals surface area contributed by atoms with E-state index < -0.39 is 0 Å². The summed E-state index contributed by atoms with van der Waals surface area (Å²) in [4.78, 5) is 7.97. The molecule has 1 aliphatic heterocycles. The molecule has 3 rings (SSSR count). The Kier molecular flexibility index (Phi) is 3.43. The van der Waals surface area contributed by atoms with Crippen LogP contribution in [0.15, 0.2) is 6.20 Å². The first kappa shape index (κ1) is 11.2. The third-order valence-corrected chi connectivity index (χ3v) is 3.89. The van der Waals surface area contributed by atoms with Gasteiger partial charge in [-0.2, -0.15) is 0 Å². The fraction of sp³-hybridized carbons (Fsp3) is 0.769. The molecule has 4 nitrogen and oxygen atoms in total. The average Bonchev–Trinajstić information content (AvgIpc) is 2.90. The number of hydrogen-bond acceptors (Lipinski definition) is 3. The molecule has 1 unspecified atom stereocenters. The topological polar surface area (TPSA) is 49.9 Å². The van der Waals surface area contributed by atoms with Gasteiger partial charge >= 0.3 is 0 Å². The first-order valence-electron chi connectivity index (χ1n) is 6.80. The standard InChI is InChI=1S/C13H21N3O/c1-2-4-10(5-3-1)11-8-15-13(16-11)12-9-14-6-7-17-12/h8,10,12,14H,1-7,9H2,(H,15,16). The summed E-state index contributed by atoms with van der Waals surface area (Å²) in [5, 5.41) is 3.34. The van der Waals surface area contributed by atoms with Crippen molar-refractivity contribution in [2.24, 2.45) is 0 Å². The first-order valence-corrected chi connectivity index (χ1v) is 6.80. The maximum atomic E-state index is 5.71. The summed E-state index contributed by atoms with van der Waals surface area (Å²) in [5.41, 5.74) is 1.31. The number of nitrogens with one attached hydrogen (secondary N) is 2. The van der Waals surface area contributed by atoms with Crippen molar-refractivity contribution in [1.29, 1.82) is 0 Å². The highest BCUT2D eigenvalue weighted by Gasteiger charge is 2.22. The Morgan fingerprint density at radius 2 is 2.12 bits per heavy atom. The van der Waals surface area contributed by atoms with Crippen molar-refractivity contribution in [3.63, 3.8) is 0 Å². The Hall–Kier alpha value is -0.870. The molecule has 2 heterocycles. The monoisotopic (exact) mass is 235 g/mol. The zero-order valence-corrected chi connectivity index (χ0v) is 10.2. The van der Waals surface area contributed by atoms with Crippen LogP contribution >= 0.6 is 0 Å². The molecular weight excluding hydrogens is 214 g/mol. The predicted octanol–water partition coefficient (Wildman–Crippen LogP) is 2.12. The number of hydrogen-bond donors (Lipinski definition) is 2. The van der Waals surface area contributed by atoms with Crippen LogP contribution in [0.25, 0.3) is 0 Å². The summed E-state index contributed by atoms with van der Waals surface area (Å²) in [6, 6.07) is 0. The van der Waals surface area contributed by atoms with Gasteiger partial charge in [0, 0.05) is 30.9 Å². The molecular formula is C13H21N3O. The highest BCUT2D eigenvalue weighted by molar-refractivity contribution is 5.10. The van der Waals surface area contributed by atoms with E-state index in [2.05, 4.69) is 15.3 Å². The van der Waals surface area contributed by atoms with E-state index in [-0.39, 0.29) is 6.10 Å². The predicted molar refractivity (Wildman–Crippen MR) is 66.0 cm³/mol. The third-order valence-electron chi connectivity index (χ3n) is 3.89. The SMILES string of the molecule is c1nc(C2CNCCO2)[nH]c1C1CCCCC1. The lowest BCUT2D eigenvalue weighted by Gasteiger charge is -2.22. The van der Waals surface area contributed by atoms with Crippen LogP contribution in [-0.2, 0) is 4.74 Å². The molecule has 0 amide bonds. The fourth-order valence-electron chi connectivity index (χ4n) is 2.88. The smallest absolute Gasteiger partial charge is 0.136 e. The lowest BCUT2D eigenvalue weighted by atomic mass is 9.87. The van der Waals surface area contributed by atoms with E-state index in [1.165, 1.54) is 37.8 Å². The highest BCUT2D eigenvalue weighted by atomic mass is 16.5. The minimum absolute atomic E-state index is 0.112. The van der Waals surface area contributed by atoms with Crippen molar-refractivity contribution in [2.45, 2.75) is 44.1 Å². The summed E-state index contributed by atoms with van der Waals surface area (Å²) >= 11 is 0. The molecule has 1 atom stereocenters. The number of nitrogens with zero attached hydrogens (tertiary/aromatic N) is 1. The van der Waals surface area contributed by atoms with Crippen molar-refractivity contribution >= 4 is 0 Å². The number of imidazole rings is 1. The van der Waals surface area contributed by atoms with E-state index in [1.54, 1.807) is 0 Å². The van der Waals surface area contributed by atoms with Gasteiger partial charge in [0.2, 0.25) is 0 Å². The maximum absolute atomic E-state index is 5.71. The van der Waals surface area contributed by atoms with Crippen molar-refractivity contribution in [3.05, 3.63) is 17.7 Å². The van der Waals surface area contributed by atoms with E-state index in [1.807, 2.05) is 6.20 Å². The first-order chi connectivity index (χ1) is 8.43. The van der Waals surface area contributed by atoms with Gasteiger partial charge in [-0.3, -0.25) is 0 Å². The van der Waals surface area contributed by atoms with Crippen LogP contribution in [0.4, 0.5) is 0 Å². The van der Waals surface area contributed by atoms with Gasteiger partial charge in [0.1, 0.15) is 11.9 Å². The molecule has 0 spiro atoms. The molecule has 0 radical (unpaired) electrons. The molecule has 2 N–H and O–H groups in total. The number of aromatic nitrogens is 2. The highest BCUT2D eigenvalue weighted by Crippen LogP contribution is 2.32. The van der Waals surface area contributed by atoms with Gasteiger partial charge in [-0.05, 0) is 12.8 Å². The second kappa shape index (κ2) is 5.19. The third kappa shape index (κ3) is 2.53. The number of aromatic amines is 1. The summed E-state index contributed by atoms with van der Waals surface area (Å²) in [6.45, 7) is 2.61. The van der Waals surface area contributed by atoms with Crippen LogP contribution in [0, 0.1) is 0 Å².